The van der Waals surface area contributed by atoms with Gasteiger partial charge in [0, 0.05) is 0 Å². The Balaban J connectivity index is 5.27. The van der Waals surface area contributed by atoms with Crippen LogP contribution in [0.15, 0.2) is 11.6 Å². The van der Waals surface area contributed by atoms with Gasteiger partial charge in [-0.05, 0) is 37.5 Å². The lowest BCUT2D eigenvalue weighted by molar-refractivity contribution is -0.158. The van der Waals surface area contributed by atoms with Crippen LogP contribution in [0.3, 0.4) is 0 Å². The zero-order valence-corrected chi connectivity index (χ0v) is 18.0. The number of ether oxygens (including phenoxy) is 2. The predicted molar refractivity (Wildman–Crippen MR) is 107 cm³/mol. The first-order valence-corrected chi connectivity index (χ1v) is 10.2. The first-order valence-electron chi connectivity index (χ1n) is 10.2. The molecule has 0 saturated carbocycles. The van der Waals surface area contributed by atoms with Crippen molar-refractivity contribution in [1.82, 2.24) is 0 Å². The van der Waals surface area contributed by atoms with E-state index in [4.69, 9.17) is 9.47 Å². The van der Waals surface area contributed by atoms with Gasteiger partial charge in [-0.1, -0.05) is 66.0 Å². The molecule has 0 aliphatic carbocycles. The first kappa shape index (κ1) is 24.7. The van der Waals surface area contributed by atoms with Crippen LogP contribution in [0.25, 0.3) is 0 Å². The smallest absolute Gasteiger partial charge is 0.310 e. The average molecular weight is 369 g/mol. The summed E-state index contributed by atoms with van der Waals surface area (Å²) in [5.74, 6) is -0.554. The Hall–Kier alpha value is -1.32. The van der Waals surface area contributed by atoms with Crippen molar-refractivity contribution < 1.29 is 19.1 Å². The molecule has 0 aromatic rings. The van der Waals surface area contributed by atoms with Crippen molar-refractivity contribution in [3.05, 3.63) is 11.6 Å². The Morgan fingerprint density at radius 1 is 0.962 bits per heavy atom. The van der Waals surface area contributed by atoms with Gasteiger partial charge in [-0.3, -0.25) is 9.59 Å². The first-order chi connectivity index (χ1) is 12.2. The third-order valence-electron chi connectivity index (χ3n) is 4.54. The van der Waals surface area contributed by atoms with Crippen LogP contribution in [-0.2, 0) is 19.1 Å². The third-order valence-corrected chi connectivity index (χ3v) is 4.54. The topological polar surface area (TPSA) is 52.6 Å². The second-order valence-corrected chi connectivity index (χ2v) is 8.05. The Bertz CT molecular complexity index is 451. The van der Waals surface area contributed by atoms with Gasteiger partial charge < -0.3 is 9.47 Å². The fourth-order valence-corrected chi connectivity index (χ4v) is 3.33. The summed E-state index contributed by atoms with van der Waals surface area (Å²) in [4.78, 5) is 24.7. The van der Waals surface area contributed by atoms with E-state index in [1.54, 1.807) is 0 Å². The molecule has 0 fully saturated rings. The van der Waals surface area contributed by atoms with Crippen LogP contribution < -0.4 is 0 Å². The molecule has 2 atom stereocenters. The quantitative estimate of drug-likeness (QED) is 0.309. The van der Waals surface area contributed by atoms with E-state index < -0.39 is 11.3 Å². The van der Waals surface area contributed by atoms with Crippen molar-refractivity contribution >= 4 is 11.9 Å². The molecule has 0 aliphatic rings. The fourth-order valence-electron chi connectivity index (χ4n) is 3.33. The molecule has 0 amide bonds. The Kier molecular flexibility index (Phi) is 12.3. The number of esters is 2. The highest BCUT2D eigenvalue weighted by Gasteiger charge is 2.37. The molecular formula is C22H40O4. The SMILES string of the molecule is CCCOC(=O)CC(C(=O)OCCC)C(C)(C)/C=C(\C)CC(C)CCC. The molecule has 0 rings (SSSR count). The van der Waals surface area contributed by atoms with Crippen LogP contribution in [0.4, 0.5) is 0 Å². The Labute approximate surface area is 160 Å². The molecule has 0 N–H and O–H groups in total. The highest BCUT2D eigenvalue weighted by molar-refractivity contribution is 5.81. The maximum atomic E-state index is 12.6. The summed E-state index contributed by atoms with van der Waals surface area (Å²) < 4.78 is 10.6. The normalized spacial score (nSPS) is 14.7. The van der Waals surface area contributed by atoms with Crippen molar-refractivity contribution in [2.45, 2.75) is 87.0 Å². The molecule has 0 spiro atoms. The summed E-state index contributed by atoms with van der Waals surface area (Å²) in [6, 6.07) is 0. The van der Waals surface area contributed by atoms with Gasteiger partial charge in [0.1, 0.15) is 0 Å². The van der Waals surface area contributed by atoms with Crippen molar-refractivity contribution in [2.75, 3.05) is 13.2 Å². The van der Waals surface area contributed by atoms with E-state index in [1.165, 1.54) is 18.4 Å². The molecule has 4 nitrogen and oxygen atoms in total. The number of hydrogen-bond acceptors (Lipinski definition) is 4. The molecule has 152 valence electrons. The largest absolute Gasteiger partial charge is 0.466 e. The maximum Gasteiger partial charge on any atom is 0.310 e. The molecule has 0 bridgehead atoms. The van der Waals surface area contributed by atoms with Gasteiger partial charge in [0.2, 0.25) is 0 Å². The Morgan fingerprint density at radius 3 is 2.08 bits per heavy atom. The molecule has 0 aromatic heterocycles. The van der Waals surface area contributed by atoms with E-state index in [9.17, 15) is 9.59 Å². The van der Waals surface area contributed by atoms with Gasteiger partial charge >= 0.3 is 11.9 Å². The van der Waals surface area contributed by atoms with Crippen LogP contribution in [0.5, 0.6) is 0 Å². The van der Waals surface area contributed by atoms with Crippen LogP contribution in [0.2, 0.25) is 0 Å². The fraction of sp³-hybridized carbons (Fsp3) is 0.818. The lowest BCUT2D eigenvalue weighted by atomic mass is 9.75. The van der Waals surface area contributed by atoms with E-state index in [0.29, 0.717) is 19.1 Å². The molecule has 0 aromatic carbocycles. The van der Waals surface area contributed by atoms with Gasteiger partial charge in [0.05, 0.1) is 25.6 Å². The summed E-state index contributed by atoms with van der Waals surface area (Å²) in [7, 11) is 0. The van der Waals surface area contributed by atoms with Gasteiger partial charge in [0.15, 0.2) is 0 Å². The number of rotatable bonds is 13. The van der Waals surface area contributed by atoms with Crippen molar-refractivity contribution in [3.63, 3.8) is 0 Å². The molecule has 0 heterocycles. The van der Waals surface area contributed by atoms with Crippen LogP contribution in [-0.4, -0.2) is 25.2 Å². The number of carbonyl (C=O) groups excluding carboxylic acids is 2. The third kappa shape index (κ3) is 9.98. The summed E-state index contributed by atoms with van der Waals surface area (Å²) >= 11 is 0. The molecule has 4 heteroatoms. The number of allylic oxidation sites excluding steroid dienone is 2. The van der Waals surface area contributed by atoms with E-state index in [0.717, 1.165) is 19.3 Å². The Morgan fingerprint density at radius 2 is 1.54 bits per heavy atom. The molecular weight excluding hydrogens is 328 g/mol. The van der Waals surface area contributed by atoms with E-state index in [-0.39, 0.29) is 18.4 Å². The van der Waals surface area contributed by atoms with Gasteiger partial charge in [-0.25, -0.2) is 0 Å². The van der Waals surface area contributed by atoms with Crippen LogP contribution >= 0.6 is 0 Å². The highest BCUT2D eigenvalue weighted by atomic mass is 16.5. The molecule has 26 heavy (non-hydrogen) atoms. The second kappa shape index (κ2) is 12.9. The minimum atomic E-state index is -0.533. The standard InChI is InChI=1S/C22H40O4/c1-8-11-17(4)14-18(5)16-22(6,7)19(21(24)26-13-10-3)15-20(23)25-12-9-2/h16-17,19H,8-15H2,1-7H3/b18-16+. The predicted octanol–water partition coefficient (Wildman–Crippen LogP) is 5.70. The van der Waals surface area contributed by atoms with Gasteiger partial charge in [-0.2, -0.15) is 0 Å². The summed E-state index contributed by atoms with van der Waals surface area (Å²) in [6.07, 6.45) is 7.11. The zero-order chi connectivity index (χ0) is 20.2. The van der Waals surface area contributed by atoms with Crippen molar-refractivity contribution in [3.8, 4) is 0 Å². The number of hydrogen-bond donors (Lipinski definition) is 0. The lowest BCUT2D eigenvalue weighted by Gasteiger charge is -2.30. The molecule has 0 saturated heterocycles. The minimum absolute atomic E-state index is 0.0594. The van der Waals surface area contributed by atoms with E-state index >= 15 is 0 Å². The van der Waals surface area contributed by atoms with Crippen molar-refractivity contribution in [2.24, 2.45) is 17.3 Å². The van der Waals surface area contributed by atoms with E-state index in [2.05, 4.69) is 26.8 Å². The summed E-state index contributed by atoms with van der Waals surface area (Å²) in [5, 5.41) is 0. The van der Waals surface area contributed by atoms with E-state index in [1.807, 2.05) is 27.7 Å². The minimum Gasteiger partial charge on any atom is -0.466 e. The monoisotopic (exact) mass is 368 g/mol. The maximum absolute atomic E-state index is 12.6. The van der Waals surface area contributed by atoms with Gasteiger partial charge in [-0.15, -0.1) is 0 Å². The van der Waals surface area contributed by atoms with Crippen LogP contribution in [0, 0.1) is 17.3 Å². The molecule has 0 aliphatic heterocycles. The summed E-state index contributed by atoms with van der Waals surface area (Å²) in [6.45, 7) is 15.3. The lowest BCUT2D eigenvalue weighted by Crippen LogP contribution is -2.34. The number of carbonyl (C=O) groups is 2. The van der Waals surface area contributed by atoms with Gasteiger partial charge in [0.25, 0.3) is 0 Å². The molecule has 0 radical (unpaired) electrons. The second-order valence-electron chi connectivity index (χ2n) is 8.05. The zero-order valence-electron chi connectivity index (χ0n) is 18.0. The highest BCUT2D eigenvalue weighted by Crippen LogP contribution is 2.35. The van der Waals surface area contributed by atoms with Crippen LogP contribution in [0.1, 0.15) is 87.0 Å². The molecule has 2 unspecified atom stereocenters. The summed E-state index contributed by atoms with van der Waals surface area (Å²) in [5.41, 5.74) is 0.790. The average Bonchev–Trinajstić information content (AvgIpc) is 2.54. The van der Waals surface area contributed by atoms with Crippen molar-refractivity contribution in [1.29, 1.82) is 0 Å².